The fraction of sp³-hybridized carbons (Fsp3) is 0.286. The van der Waals surface area contributed by atoms with Gasteiger partial charge in [0, 0.05) is 17.0 Å². The standard InChI is InChI=1S/C21H20N2O4/c1-11-3-4-14(20(24)22-15-6-7-15)9-17(11)13-5-8-16-18(10-13)27-23-19(16)12(2)21(25)26/h3-5,8-10,12,15H,6-7H2,1-2H3,(H,22,24)(H,25,26). The molecule has 0 bridgehead atoms. The van der Waals surface area contributed by atoms with Gasteiger partial charge in [-0.15, -0.1) is 0 Å². The molecule has 2 aromatic carbocycles. The molecule has 1 unspecified atom stereocenters. The molecule has 1 aromatic heterocycles. The topological polar surface area (TPSA) is 92.4 Å². The van der Waals surface area contributed by atoms with Crippen molar-refractivity contribution in [3.63, 3.8) is 0 Å². The molecular weight excluding hydrogens is 344 g/mol. The molecular formula is C21H20N2O4. The van der Waals surface area contributed by atoms with Crippen molar-refractivity contribution in [2.45, 2.75) is 38.6 Å². The number of hydrogen-bond donors (Lipinski definition) is 2. The fourth-order valence-corrected chi connectivity index (χ4v) is 3.12. The average Bonchev–Trinajstić information content (AvgIpc) is 3.37. The van der Waals surface area contributed by atoms with Crippen molar-refractivity contribution in [1.82, 2.24) is 10.5 Å². The summed E-state index contributed by atoms with van der Waals surface area (Å²) in [5, 5.41) is 16.8. The van der Waals surface area contributed by atoms with Gasteiger partial charge in [0.2, 0.25) is 0 Å². The number of amides is 1. The number of carbonyl (C=O) groups is 2. The normalized spacial score (nSPS) is 14.9. The summed E-state index contributed by atoms with van der Waals surface area (Å²) in [7, 11) is 0. The smallest absolute Gasteiger partial charge is 0.312 e. The van der Waals surface area contributed by atoms with Crippen molar-refractivity contribution in [2.75, 3.05) is 0 Å². The van der Waals surface area contributed by atoms with Gasteiger partial charge in [0.25, 0.3) is 5.91 Å². The van der Waals surface area contributed by atoms with Crippen LogP contribution in [0.15, 0.2) is 40.9 Å². The Bertz CT molecular complexity index is 1050. The number of carboxylic acid groups (broad SMARTS) is 1. The second-order valence-corrected chi connectivity index (χ2v) is 7.12. The van der Waals surface area contributed by atoms with E-state index < -0.39 is 11.9 Å². The molecule has 1 atom stereocenters. The molecule has 0 spiro atoms. The number of rotatable bonds is 5. The zero-order valence-electron chi connectivity index (χ0n) is 15.2. The number of aliphatic carboxylic acids is 1. The minimum absolute atomic E-state index is 0.0583. The van der Waals surface area contributed by atoms with Crippen molar-refractivity contribution in [3.8, 4) is 11.1 Å². The summed E-state index contributed by atoms with van der Waals surface area (Å²) in [6.07, 6.45) is 2.09. The first-order chi connectivity index (χ1) is 12.9. The van der Waals surface area contributed by atoms with Gasteiger partial charge in [-0.25, -0.2) is 0 Å². The Morgan fingerprint density at radius 2 is 2.00 bits per heavy atom. The van der Waals surface area contributed by atoms with Gasteiger partial charge in [0.15, 0.2) is 5.58 Å². The number of fused-ring (bicyclic) bond motifs is 1. The average molecular weight is 364 g/mol. The number of nitrogens with one attached hydrogen (secondary N) is 1. The Balaban J connectivity index is 1.71. The van der Waals surface area contributed by atoms with Crippen LogP contribution < -0.4 is 5.32 Å². The molecule has 6 heteroatoms. The van der Waals surface area contributed by atoms with Crippen molar-refractivity contribution < 1.29 is 19.2 Å². The maximum Gasteiger partial charge on any atom is 0.312 e. The van der Waals surface area contributed by atoms with Gasteiger partial charge >= 0.3 is 5.97 Å². The molecule has 3 aromatic rings. The molecule has 0 saturated heterocycles. The first-order valence-electron chi connectivity index (χ1n) is 8.98. The number of nitrogens with zero attached hydrogens (tertiary/aromatic N) is 1. The lowest BCUT2D eigenvalue weighted by Gasteiger charge is -2.10. The fourth-order valence-electron chi connectivity index (χ4n) is 3.12. The lowest BCUT2D eigenvalue weighted by molar-refractivity contribution is -0.138. The van der Waals surface area contributed by atoms with Crippen molar-refractivity contribution in [1.29, 1.82) is 0 Å². The highest BCUT2D eigenvalue weighted by molar-refractivity contribution is 5.96. The van der Waals surface area contributed by atoms with E-state index in [0.29, 0.717) is 28.3 Å². The molecule has 1 saturated carbocycles. The number of carboxylic acids is 1. The van der Waals surface area contributed by atoms with E-state index in [1.807, 2.05) is 43.3 Å². The molecule has 6 nitrogen and oxygen atoms in total. The second-order valence-electron chi connectivity index (χ2n) is 7.12. The molecule has 138 valence electrons. The van der Waals surface area contributed by atoms with E-state index in [-0.39, 0.29) is 5.91 Å². The molecule has 1 fully saturated rings. The van der Waals surface area contributed by atoms with Gasteiger partial charge < -0.3 is 14.9 Å². The van der Waals surface area contributed by atoms with Crippen LogP contribution in [0.1, 0.15) is 47.3 Å². The van der Waals surface area contributed by atoms with Crippen LogP contribution in [0.25, 0.3) is 22.1 Å². The molecule has 27 heavy (non-hydrogen) atoms. The number of aromatic nitrogens is 1. The number of benzene rings is 2. The number of hydrogen-bond acceptors (Lipinski definition) is 4. The monoisotopic (exact) mass is 364 g/mol. The first kappa shape index (κ1) is 17.3. The summed E-state index contributed by atoms with van der Waals surface area (Å²) >= 11 is 0. The van der Waals surface area contributed by atoms with Crippen LogP contribution in [0.2, 0.25) is 0 Å². The van der Waals surface area contributed by atoms with E-state index in [9.17, 15) is 14.7 Å². The van der Waals surface area contributed by atoms with Crippen molar-refractivity contribution in [2.24, 2.45) is 0 Å². The highest BCUT2D eigenvalue weighted by atomic mass is 16.5. The summed E-state index contributed by atoms with van der Waals surface area (Å²) in [6.45, 7) is 3.57. The highest BCUT2D eigenvalue weighted by Crippen LogP contribution is 2.31. The maximum atomic E-state index is 12.3. The molecule has 1 aliphatic carbocycles. The Morgan fingerprint density at radius 3 is 2.70 bits per heavy atom. The molecule has 0 radical (unpaired) electrons. The van der Waals surface area contributed by atoms with E-state index in [1.54, 1.807) is 6.92 Å². The van der Waals surface area contributed by atoms with Gasteiger partial charge in [-0.05, 0) is 67.6 Å². The van der Waals surface area contributed by atoms with E-state index in [1.165, 1.54) is 0 Å². The Labute approximate surface area is 156 Å². The quantitative estimate of drug-likeness (QED) is 0.717. The van der Waals surface area contributed by atoms with Gasteiger partial charge in [-0.2, -0.15) is 0 Å². The Hall–Kier alpha value is -3.15. The maximum absolute atomic E-state index is 12.3. The van der Waals surface area contributed by atoms with Crippen LogP contribution in [-0.4, -0.2) is 28.2 Å². The van der Waals surface area contributed by atoms with Crippen LogP contribution >= 0.6 is 0 Å². The lowest BCUT2D eigenvalue weighted by atomic mass is 9.96. The molecule has 2 N–H and O–H groups in total. The van der Waals surface area contributed by atoms with Gasteiger partial charge in [-0.3, -0.25) is 9.59 Å². The third kappa shape index (κ3) is 3.30. The van der Waals surface area contributed by atoms with Crippen LogP contribution in [0, 0.1) is 6.92 Å². The third-order valence-electron chi connectivity index (χ3n) is 5.00. The van der Waals surface area contributed by atoms with E-state index in [0.717, 1.165) is 29.5 Å². The van der Waals surface area contributed by atoms with Gasteiger partial charge in [0.05, 0.1) is 0 Å². The van der Waals surface area contributed by atoms with Crippen LogP contribution in [0.4, 0.5) is 0 Å². The number of carbonyl (C=O) groups excluding carboxylic acids is 1. The predicted molar refractivity (Wildman–Crippen MR) is 101 cm³/mol. The van der Waals surface area contributed by atoms with Crippen molar-refractivity contribution >= 4 is 22.8 Å². The minimum Gasteiger partial charge on any atom is -0.481 e. The molecule has 0 aliphatic heterocycles. The van der Waals surface area contributed by atoms with Crippen LogP contribution in [-0.2, 0) is 4.79 Å². The summed E-state index contributed by atoms with van der Waals surface area (Å²) in [5.41, 5.74) is 4.44. The Kier molecular flexibility index (Phi) is 4.18. The first-order valence-corrected chi connectivity index (χ1v) is 8.98. The van der Waals surface area contributed by atoms with Crippen LogP contribution in [0.5, 0.6) is 0 Å². The third-order valence-corrected chi connectivity index (χ3v) is 5.00. The lowest BCUT2D eigenvalue weighted by Crippen LogP contribution is -2.25. The van der Waals surface area contributed by atoms with E-state index in [2.05, 4.69) is 10.5 Å². The summed E-state index contributed by atoms with van der Waals surface area (Å²) in [6, 6.07) is 11.5. The summed E-state index contributed by atoms with van der Waals surface area (Å²) in [5.74, 6) is -1.75. The molecule has 1 heterocycles. The SMILES string of the molecule is Cc1ccc(C(=O)NC2CC2)cc1-c1ccc2c(C(C)C(=O)O)noc2c1. The second kappa shape index (κ2) is 6.54. The highest BCUT2D eigenvalue weighted by Gasteiger charge is 2.24. The van der Waals surface area contributed by atoms with E-state index in [4.69, 9.17) is 4.52 Å². The number of aryl methyl sites for hydroxylation is 1. The largest absolute Gasteiger partial charge is 0.481 e. The van der Waals surface area contributed by atoms with Crippen molar-refractivity contribution in [3.05, 3.63) is 53.2 Å². The van der Waals surface area contributed by atoms with Gasteiger partial charge in [0.1, 0.15) is 11.6 Å². The zero-order valence-corrected chi connectivity index (χ0v) is 15.2. The molecule has 4 rings (SSSR count). The molecule has 1 amide bonds. The predicted octanol–water partition coefficient (Wildman–Crippen LogP) is 3.88. The van der Waals surface area contributed by atoms with E-state index >= 15 is 0 Å². The summed E-state index contributed by atoms with van der Waals surface area (Å²) in [4.78, 5) is 23.6. The van der Waals surface area contributed by atoms with Crippen LogP contribution in [0.3, 0.4) is 0 Å². The minimum atomic E-state index is -0.945. The zero-order chi connectivity index (χ0) is 19.1. The molecule has 1 aliphatic rings. The summed E-state index contributed by atoms with van der Waals surface area (Å²) < 4.78 is 5.37. The van der Waals surface area contributed by atoms with Gasteiger partial charge in [-0.1, -0.05) is 17.3 Å². The Morgan fingerprint density at radius 1 is 1.22 bits per heavy atom.